The molecule has 1 amide bonds. The van der Waals surface area contributed by atoms with Crippen LogP contribution in [0.15, 0.2) is 47.7 Å². The molecule has 2 fully saturated rings. The van der Waals surface area contributed by atoms with E-state index in [-0.39, 0.29) is 11.9 Å². The van der Waals surface area contributed by atoms with Gasteiger partial charge in [0, 0.05) is 30.1 Å². The molecule has 1 saturated carbocycles. The molecular formula is C20H19ClN2O3. The van der Waals surface area contributed by atoms with Crippen LogP contribution in [0.4, 0.5) is 0 Å². The Labute approximate surface area is 156 Å². The summed E-state index contributed by atoms with van der Waals surface area (Å²) < 4.78 is 5.75. The number of nitrogens with one attached hydrogen (secondary N) is 1. The highest BCUT2D eigenvalue weighted by atomic mass is 35.5. The Morgan fingerprint density at radius 3 is 2.62 bits per heavy atom. The van der Waals surface area contributed by atoms with Crippen LogP contribution >= 0.6 is 11.6 Å². The minimum Gasteiger partial charge on any atom is -0.448 e. The zero-order valence-electron chi connectivity index (χ0n) is 14.3. The summed E-state index contributed by atoms with van der Waals surface area (Å²) in [5, 5.41) is 3.92. The Kier molecular flexibility index (Phi) is 3.37. The van der Waals surface area contributed by atoms with Crippen molar-refractivity contribution in [1.29, 1.82) is 0 Å². The van der Waals surface area contributed by atoms with Crippen molar-refractivity contribution in [2.24, 2.45) is 0 Å². The molecule has 0 bridgehead atoms. The lowest BCUT2D eigenvalue weighted by Gasteiger charge is -2.29. The molecule has 3 heterocycles. The predicted octanol–water partition coefficient (Wildman–Crippen LogP) is 2.31. The Morgan fingerprint density at radius 1 is 1.19 bits per heavy atom. The number of esters is 1. The first-order valence-electron chi connectivity index (χ1n) is 8.99. The highest BCUT2D eigenvalue weighted by Gasteiger charge is 2.57. The van der Waals surface area contributed by atoms with Gasteiger partial charge in [-0.15, -0.1) is 0 Å². The van der Waals surface area contributed by atoms with Gasteiger partial charge in [-0.25, -0.2) is 4.79 Å². The molecule has 5 rings (SSSR count). The zero-order valence-corrected chi connectivity index (χ0v) is 15.0. The van der Waals surface area contributed by atoms with E-state index in [2.05, 4.69) is 5.32 Å². The van der Waals surface area contributed by atoms with E-state index in [0.717, 1.165) is 36.9 Å². The van der Waals surface area contributed by atoms with Gasteiger partial charge in [-0.2, -0.15) is 0 Å². The van der Waals surface area contributed by atoms with Gasteiger partial charge in [-0.1, -0.05) is 35.9 Å². The van der Waals surface area contributed by atoms with Gasteiger partial charge in [-0.05, 0) is 37.1 Å². The summed E-state index contributed by atoms with van der Waals surface area (Å²) in [6.07, 6.45) is 6.23. The lowest BCUT2D eigenvalue weighted by atomic mass is 9.89. The summed E-state index contributed by atoms with van der Waals surface area (Å²) >= 11 is 5.99. The zero-order chi connectivity index (χ0) is 17.9. The second-order valence-corrected chi connectivity index (χ2v) is 7.92. The Balaban J connectivity index is 1.52. The number of fused-ring (bicyclic) bond motifs is 1. The van der Waals surface area contributed by atoms with Crippen LogP contribution in [0.3, 0.4) is 0 Å². The van der Waals surface area contributed by atoms with Gasteiger partial charge in [0.15, 0.2) is 5.60 Å². The standard InChI is InChI=1S/C20H19ClN2O3/c21-14-5-3-13(4-6-14)19(7-8-19)18(25)23-11-1-2-15-16(23)17(24)26-20(15)9-10-22-12-20/h1-6,22H,7-12H2. The van der Waals surface area contributed by atoms with Gasteiger partial charge in [0.2, 0.25) is 5.91 Å². The molecule has 1 aromatic rings. The van der Waals surface area contributed by atoms with Crippen molar-refractivity contribution in [3.8, 4) is 0 Å². The average molecular weight is 371 g/mol. The van der Waals surface area contributed by atoms with Crippen LogP contribution in [-0.4, -0.2) is 42.0 Å². The van der Waals surface area contributed by atoms with Crippen LogP contribution in [-0.2, 0) is 19.7 Å². The quantitative estimate of drug-likeness (QED) is 0.812. The third-order valence-corrected chi connectivity index (χ3v) is 6.24. The first-order chi connectivity index (χ1) is 12.6. The molecule has 0 aromatic heterocycles. The van der Waals surface area contributed by atoms with Crippen molar-refractivity contribution in [2.75, 3.05) is 19.6 Å². The summed E-state index contributed by atoms with van der Waals surface area (Å²) in [5.74, 6) is -0.398. The van der Waals surface area contributed by atoms with Gasteiger partial charge < -0.3 is 15.0 Å². The largest absolute Gasteiger partial charge is 0.448 e. The van der Waals surface area contributed by atoms with E-state index < -0.39 is 11.0 Å². The molecular weight excluding hydrogens is 352 g/mol. The normalized spacial score (nSPS) is 28.5. The van der Waals surface area contributed by atoms with Crippen LogP contribution < -0.4 is 5.32 Å². The Hall–Kier alpha value is -2.11. The van der Waals surface area contributed by atoms with Crippen LogP contribution in [0.1, 0.15) is 24.8 Å². The summed E-state index contributed by atoms with van der Waals surface area (Å²) in [4.78, 5) is 27.8. The van der Waals surface area contributed by atoms with E-state index in [0.29, 0.717) is 23.8 Å². The third-order valence-electron chi connectivity index (χ3n) is 5.99. The van der Waals surface area contributed by atoms with E-state index in [1.807, 2.05) is 36.4 Å². The number of rotatable bonds is 2. The lowest BCUT2D eigenvalue weighted by Crippen LogP contribution is -2.42. The van der Waals surface area contributed by atoms with Crippen molar-refractivity contribution in [3.63, 3.8) is 0 Å². The number of hydrogen-bond acceptors (Lipinski definition) is 4. The molecule has 5 nitrogen and oxygen atoms in total. The smallest absolute Gasteiger partial charge is 0.356 e. The second-order valence-electron chi connectivity index (χ2n) is 7.48. The minimum absolute atomic E-state index is 0.0170. The molecule has 4 aliphatic rings. The number of amides is 1. The van der Waals surface area contributed by atoms with E-state index in [1.54, 1.807) is 4.90 Å². The van der Waals surface area contributed by atoms with E-state index >= 15 is 0 Å². The molecule has 1 spiro atoms. The van der Waals surface area contributed by atoms with E-state index in [9.17, 15) is 9.59 Å². The highest BCUT2D eigenvalue weighted by molar-refractivity contribution is 6.30. The highest BCUT2D eigenvalue weighted by Crippen LogP contribution is 2.51. The molecule has 3 aliphatic heterocycles. The molecule has 1 saturated heterocycles. The maximum absolute atomic E-state index is 13.5. The van der Waals surface area contributed by atoms with E-state index in [4.69, 9.17) is 16.3 Å². The molecule has 1 aliphatic carbocycles. The summed E-state index contributed by atoms with van der Waals surface area (Å²) in [6, 6.07) is 7.46. The van der Waals surface area contributed by atoms with E-state index in [1.165, 1.54) is 0 Å². The van der Waals surface area contributed by atoms with Crippen molar-refractivity contribution in [3.05, 3.63) is 58.3 Å². The molecule has 26 heavy (non-hydrogen) atoms. The first kappa shape index (κ1) is 16.1. The van der Waals surface area contributed by atoms with Crippen LogP contribution in [0.25, 0.3) is 0 Å². The first-order valence-corrected chi connectivity index (χ1v) is 9.37. The summed E-state index contributed by atoms with van der Waals surface area (Å²) in [5.41, 5.74) is 1.09. The maximum atomic E-state index is 13.5. The number of hydrogen-bond donors (Lipinski definition) is 1. The number of carbonyl (C=O) groups is 2. The van der Waals surface area contributed by atoms with Crippen molar-refractivity contribution in [1.82, 2.24) is 10.2 Å². The maximum Gasteiger partial charge on any atom is 0.356 e. The third kappa shape index (κ3) is 2.14. The molecule has 1 atom stereocenters. The van der Waals surface area contributed by atoms with Crippen LogP contribution in [0, 0.1) is 0 Å². The minimum atomic E-state index is -0.612. The summed E-state index contributed by atoms with van der Waals surface area (Å²) in [6.45, 7) is 1.82. The number of benzene rings is 1. The fraction of sp³-hybridized carbons (Fsp3) is 0.400. The number of halogens is 1. The number of carbonyl (C=O) groups excluding carboxylic acids is 2. The fourth-order valence-electron chi connectivity index (χ4n) is 4.41. The number of nitrogens with zero attached hydrogens (tertiary/aromatic N) is 1. The van der Waals surface area contributed by atoms with Gasteiger partial charge >= 0.3 is 5.97 Å². The molecule has 0 radical (unpaired) electrons. The Bertz CT molecular complexity index is 862. The Morgan fingerprint density at radius 2 is 1.96 bits per heavy atom. The lowest BCUT2D eigenvalue weighted by molar-refractivity contribution is -0.149. The van der Waals surface area contributed by atoms with Crippen molar-refractivity contribution >= 4 is 23.5 Å². The predicted molar refractivity (Wildman–Crippen MR) is 96.6 cm³/mol. The van der Waals surface area contributed by atoms with Crippen molar-refractivity contribution in [2.45, 2.75) is 30.3 Å². The average Bonchev–Trinajstić information content (AvgIpc) is 3.25. The fourth-order valence-corrected chi connectivity index (χ4v) is 4.53. The second kappa shape index (κ2) is 5.44. The topological polar surface area (TPSA) is 58.6 Å². The summed E-state index contributed by atoms with van der Waals surface area (Å²) in [7, 11) is 0. The van der Waals surface area contributed by atoms with Gasteiger partial charge in [0.05, 0.1) is 5.41 Å². The molecule has 1 aromatic carbocycles. The molecule has 134 valence electrons. The molecule has 1 N–H and O–H groups in total. The van der Waals surface area contributed by atoms with Crippen LogP contribution in [0.2, 0.25) is 5.02 Å². The van der Waals surface area contributed by atoms with Gasteiger partial charge in [0.1, 0.15) is 5.70 Å². The number of ether oxygens (including phenoxy) is 1. The molecule has 1 unspecified atom stereocenters. The SMILES string of the molecule is O=C1OC2(CCNC2)C2=C1N(C(=O)C1(c3ccc(Cl)cc3)CC1)CC=C2. The molecule has 6 heteroatoms. The van der Waals surface area contributed by atoms with Gasteiger partial charge in [-0.3, -0.25) is 4.79 Å². The van der Waals surface area contributed by atoms with Crippen LogP contribution in [0.5, 0.6) is 0 Å². The monoisotopic (exact) mass is 370 g/mol. The van der Waals surface area contributed by atoms with Gasteiger partial charge in [0.25, 0.3) is 0 Å². The van der Waals surface area contributed by atoms with Crippen molar-refractivity contribution < 1.29 is 14.3 Å².